The van der Waals surface area contributed by atoms with Gasteiger partial charge >= 0.3 is 0 Å². The zero-order valence-corrected chi connectivity index (χ0v) is 11.6. The Balaban J connectivity index is 2.20. The molecule has 1 atom stereocenters. The summed E-state index contributed by atoms with van der Waals surface area (Å²) in [4.78, 5) is 0. The molecule has 1 aromatic heterocycles. The van der Waals surface area contributed by atoms with Crippen LogP contribution in [0.2, 0.25) is 0 Å². The topological polar surface area (TPSA) is 27.1 Å². The van der Waals surface area contributed by atoms with E-state index in [0.29, 0.717) is 0 Å². The second-order valence-corrected chi connectivity index (χ2v) is 4.78. The van der Waals surface area contributed by atoms with Gasteiger partial charge < -0.3 is 4.74 Å². The summed E-state index contributed by atoms with van der Waals surface area (Å²) in [5.74, 6) is 0. The van der Waals surface area contributed by atoms with Crippen molar-refractivity contribution in [2.45, 2.75) is 36.2 Å². The standard InChI is InChI=1S/C10H14Br2N2O/c11-6-8-5-9(7-12)14(13-8)10-3-1-2-4-15-10/h5,10H,1-4,6-7H2. The van der Waals surface area contributed by atoms with Crippen LogP contribution in [0, 0.1) is 0 Å². The highest BCUT2D eigenvalue weighted by Crippen LogP contribution is 2.25. The fourth-order valence-corrected chi connectivity index (χ4v) is 2.51. The van der Waals surface area contributed by atoms with Crippen LogP contribution >= 0.6 is 31.9 Å². The van der Waals surface area contributed by atoms with Crippen molar-refractivity contribution in [2.24, 2.45) is 0 Å². The first kappa shape index (κ1) is 11.6. The monoisotopic (exact) mass is 336 g/mol. The second kappa shape index (κ2) is 5.46. The molecule has 0 N–H and O–H groups in total. The molecule has 1 aromatic rings. The molecule has 2 rings (SSSR count). The number of rotatable bonds is 3. The molecule has 1 aliphatic rings. The molecule has 5 heteroatoms. The molecule has 1 aliphatic heterocycles. The molecule has 1 saturated heterocycles. The van der Waals surface area contributed by atoms with Gasteiger partial charge in [-0.05, 0) is 25.3 Å². The van der Waals surface area contributed by atoms with Crippen LogP contribution in [0.4, 0.5) is 0 Å². The fourth-order valence-electron chi connectivity index (χ4n) is 1.82. The van der Waals surface area contributed by atoms with Crippen LogP contribution in [0.15, 0.2) is 6.07 Å². The van der Waals surface area contributed by atoms with Crippen LogP contribution in [-0.4, -0.2) is 16.4 Å². The SMILES string of the molecule is BrCc1cc(CBr)n(C2CCCCO2)n1. The van der Waals surface area contributed by atoms with E-state index >= 15 is 0 Å². The Hall–Kier alpha value is 0.130. The summed E-state index contributed by atoms with van der Waals surface area (Å²) in [6.07, 6.45) is 3.62. The molecular weight excluding hydrogens is 324 g/mol. The van der Waals surface area contributed by atoms with Gasteiger partial charge in [0.2, 0.25) is 0 Å². The first-order valence-electron chi connectivity index (χ1n) is 5.16. The summed E-state index contributed by atoms with van der Waals surface area (Å²) < 4.78 is 7.75. The van der Waals surface area contributed by atoms with E-state index in [1.807, 2.05) is 4.68 Å². The number of hydrogen-bond donors (Lipinski definition) is 0. The summed E-state index contributed by atoms with van der Waals surface area (Å²) in [6, 6.07) is 2.11. The third-order valence-electron chi connectivity index (χ3n) is 2.57. The van der Waals surface area contributed by atoms with Crippen LogP contribution in [0.25, 0.3) is 0 Å². The van der Waals surface area contributed by atoms with Crippen LogP contribution in [0.1, 0.15) is 36.9 Å². The van der Waals surface area contributed by atoms with Gasteiger partial charge in [0.05, 0.1) is 11.4 Å². The fraction of sp³-hybridized carbons (Fsp3) is 0.700. The minimum atomic E-state index is 0.138. The molecule has 3 nitrogen and oxygen atoms in total. The highest BCUT2D eigenvalue weighted by molar-refractivity contribution is 9.08. The smallest absolute Gasteiger partial charge is 0.150 e. The summed E-state index contributed by atoms with van der Waals surface area (Å²) in [6.45, 7) is 0.857. The van der Waals surface area contributed by atoms with Crippen molar-refractivity contribution < 1.29 is 4.74 Å². The lowest BCUT2D eigenvalue weighted by Crippen LogP contribution is -2.20. The van der Waals surface area contributed by atoms with Crippen molar-refractivity contribution in [2.75, 3.05) is 6.61 Å². The van der Waals surface area contributed by atoms with Crippen molar-refractivity contribution in [3.8, 4) is 0 Å². The zero-order valence-electron chi connectivity index (χ0n) is 8.46. The minimum absolute atomic E-state index is 0.138. The lowest BCUT2D eigenvalue weighted by Gasteiger charge is -2.24. The maximum Gasteiger partial charge on any atom is 0.150 e. The Labute approximate surface area is 106 Å². The van der Waals surface area contributed by atoms with E-state index in [1.165, 1.54) is 18.5 Å². The number of nitrogens with zero attached hydrogens (tertiary/aromatic N) is 2. The molecule has 0 aromatic carbocycles. The van der Waals surface area contributed by atoms with Gasteiger partial charge in [-0.2, -0.15) is 5.10 Å². The van der Waals surface area contributed by atoms with E-state index < -0.39 is 0 Å². The lowest BCUT2D eigenvalue weighted by molar-refractivity contribution is -0.0408. The lowest BCUT2D eigenvalue weighted by atomic mass is 10.2. The van der Waals surface area contributed by atoms with E-state index in [0.717, 1.165) is 29.4 Å². The molecule has 2 heterocycles. The van der Waals surface area contributed by atoms with Gasteiger partial charge in [-0.15, -0.1) is 0 Å². The van der Waals surface area contributed by atoms with Crippen molar-refractivity contribution in [1.82, 2.24) is 9.78 Å². The van der Waals surface area contributed by atoms with E-state index in [4.69, 9.17) is 4.74 Å². The molecular formula is C10H14Br2N2O. The largest absolute Gasteiger partial charge is 0.357 e. The van der Waals surface area contributed by atoms with Gasteiger partial charge in [-0.25, -0.2) is 4.68 Å². The molecule has 0 radical (unpaired) electrons. The number of aromatic nitrogens is 2. The predicted molar refractivity (Wildman–Crippen MR) is 66.3 cm³/mol. The van der Waals surface area contributed by atoms with Crippen molar-refractivity contribution in [3.05, 3.63) is 17.5 Å². The zero-order chi connectivity index (χ0) is 10.7. The first-order valence-corrected chi connectivity index (χ1v) is 7.40. The quantitative estimate of drug-likeness (QED) is 0.791. The predicted octanol–water partition coefficient (Wildman–Crippen LogP) is 3.37. The average Bonchev–Trinajstić information content (AvgIpc) is 2.73. The minimum Gasteiger partial charge on any atom is -0.357 e. The van der Waals surface area contributed by atoms with Crippen LogP contribution in [0.5, 0.6) is 0 Å². The van der Waals surface area contributed by atoms with Gasteiger partial charge in [0.15, 0.2) is 0 Å². The number of ether oxygens (including phenoxy) is 1. The molecule has 0 aliphatic carbocycles. The molecule has 0 bridgehead atoms. The summed E-state index contributed by atoms with van der Waals surface area (Å²) >= 11 is 6.91. The van der Waals surface area contributed by atoms with Crippen LogP contribution < -0.4 is 0 Å². The molecule has 15 heavy (non-hydrogen) atoms. The van der Waals surface area contributed by atoms with Gasteiger partial charge in [0, 0.05) is 17.3 Å². The molecule has 0 spiro atoms. The average molecular weight is 338 g/mol. The van der Waals surface area contributed by atoms with Crippen molar-refractivity contribution in [1.29, 1.82) is 0 Å². The van der Waals surface area contributed by atoms with Crippen LogP contribution in [-0.2, 0) is 15.4 Å². The third kappa shape index (κ3) is 2.63. The Bertz CT molecular complexity index is 321. The molecule has 1 fully saturated rings. The Kier molecular flexibility index (Phi) is 4.22. The van der Waals surface area contributed by atoms with E-state index in [9.17, 15) is 0 Å². The van der Waals surface area contributed by atoms with Gasteiger partial charge in [0.25, 0.3) is 0 Å². The number of alkyl halides is 2. The normalized spacial score (nSPS) is 21.9. The number of halogens is 2. The van der Waals surface area contributed by atoms with E-state index in [-0.39, 0.29) is 6.23 Å². The first-order chi connectivity index (χ1) is 7.35. The highest BCUT2D eigenvalue weighted by Gasteiger charge is 2.19. The third-order valence-corrected chi connectivity index (χ3v) is 3.71. The summed E-state index contributed by atoms with van der Waals surface area (Å²) in [5.41, 5.74) is 2.26. The maximum absolute atomic E-state index is 5.73. The van der Waals surface area contributed by atoms with Crippen molar-refractivity contribution >= 4 is 31.9 Å². The maximum atomic E-state index is 5.73. The molecule has 0 saturated carbocycles. The Morgan fingerprint density at radius 2 is 2.27 bits per heavy atom. The number of hydrogen-bond acceptors (Lipinski definition) is 2. The van der Waals surface area contributed by atoms with Crippen LogP contribution in [0.3, 0.4) is 0 Å². The second-order valence-electron chi connectivity index (χ2n) is 3.66. The summed E-state index contributed by atoms with van der Waals surface area (Å²) in [7, 11) is 0. The Morgan fingerprint density at radius 1 is 1.40 bits per heavy atom. The Morgan fingerprint density at radius 3 is 2.87 bits per heavy atom. The molecule has 1 unspecified atom stereocenters. The molecule has 0 amide bonds. The van der Waals surface area contributed by atoms with Crippen molar-refractivity contribution in [3.63, 3.8) is 0 Å². The van der Waals surface area contributed by atoms with Gasteiger partial charge in [0.1, 0.15) is 6.23 Å². The van der Waals surface area contributed by atoms with E-state index in [2.05, 4.69) is 43.0 Å². The summed E-state index contributed by atoms with van der Waals surface area (Å²) in [5, 5.41) is 6.16. The highest BCUT2D eigenvalue weighted by atomic mass is 79.9. The van der Waals surface area contributed by atoms with E-state index in [1.54, 1.807) is 0 Å². The van der Waals surface area contributed by atoms with Gasteiger partial charge in [-0.1, -0.05) is 31.9 Å². The molecule has 84 valence electrons. The van der Waals surface area contributed by atoms with Gasteiger partial charge in [-0.3, -0.25) is 0 Å².